The van der Waals surface area contributed by atoms with E-state index in [0.717, 1.165) is 16.8 Å². The fraction of sp³-hybridized carbons (Fsp3) is 0.214. The Balaban J connectivity index is 2.07. The molecule has 0 aliphatic carbocycles. The van der Waals surface area contributed by atoms with Gasteiger partial charge >= 0.3 is 6.03 Å². The first-order valence-electron chi connectivity index (χ1n) is 6.08. The lowest BCUT2D eigenvalue weighted by molar-refractivity contribution is 0.251. The molecule has 2 amide bonds. The quantitative estimate of drug-likeness (QED) is 0.785. The number of hydrogen-bond acceptors (Lipinski definition) is 3. The van der Waals surface area contributed by atoms with E-state index in [9.17, 15) is 4.79 Å². The van der Waals surface area contributed by atoms with Crippen LogP contribution in [0.1, 0.15) is 11.1 Å². The van der Waals surface area contributed by atoms with Crippen LogP contribution in [0.25, 0.3) is 0 Å². The third-order valence-electron chi connectivity index (χ3n) is 3.33. The van der Waals surface area contributed by atoms with Crippen LogP contribution in [0.15, 0.2) is 36.8 Å². The summed E-state index contributed by atoms with van der Waals surface area (Å²) in [5.41, 5.74) is 2.95. The summed E-state index contributed by atoms with van der Waals surface area (Å²) in [6, 6.07) is 7.79. The van der Waals surface area contributed by atoms with Crippen LogP contribution in [0, 0.1) is 6.92 Å². The third kappa shape index (κ3) is 1.83. The Morgan fingerprint density at radius 3 is 2.84 bits per heavy atom. The molecular formula is C14H14N4O. The molecular weight excluding hydrogens is 240 g/mol. The number of aromatic nitrogens is 2. The molecule has 1 aliphatic rings. The second-order valence-corrected chi connectivity index (χ2v) is 4.59. The van der Waals surface area contributed by atoms with Crippen molar-refractivity contribution in [3.8, 4) is 0 Å². The fourth-order valence-electron chi connectivity index (χ4n) is 2.33. The van der Waals surface area contributed by atoms with Gasteiger partial charge in [-0.2, -0.15) is 0 Å². The van der Waals surface area contributed by atoms with Gasteiger partial charge in [0.1, 0.15) is 12.1 Å². The van der Waals surface area contributed by atoms with Crippen molar-refractivity contribution in [3.63, 3.8) is 0 Å². The summed E-state index contributed by atoms with van der Waals surface area (Å²) < 4.78 is 0. The van der Waals surface area contributed by atoms with E-state index in [2.05, 4.69) is 9.97 Å². The Kier molecular flexibility index (Phi) is 2.67. The van der Waals surface area contributed by atoms with Gasteiger partial charge in [0.25, 0.3) is 0 Å². The van der Waals surface area contributed by atoms with Crippen molar-refractivity contribution in [1.82, 2.24) is 9.97 Å². The Hall–Kier alpha value is -2.43. The molecule has 1 aromatic carbocycles. The number of rotatable bonds is 1. The van der Waals surface area contributed by atoms with Crippen molar-refractivity contribution in [2.75, 3.05) is 16.8 Å². The van der Waals surface area contributed by atoms with Crippen LogP contribution < -0.4 is 9.80 Å². The number of carbonyl (C=O) groups excluding carboxylic acids is 1. The predicted octanol–water partition coefficient (Wildman–Crippen LogP) is 2.36. The van der Waals surface area contributed by atoms with Gasteiger partial charge in [0.05, 0.1) is 6.54 Å². The van der Waals surface area contributed by atoms with Gasteiger partial charge in [0.2, 0.25) is 0 Å². The fourth-order valence-corrected chi connectivity index (χ4v) is 2.33. The first-order valence-corrected chi connectivity index (χ1v) is 6.08. The van der Waals surface area contributed by atoms with Crippen molar-refractivity contribution in [2.24, 2.45) is 0 Å². The molecule has 0 fully saturated rings. The lowest BCUT2D eigenvalue weighted by atomic mass is 10.1. The summed E-state index contributed by atoms with van der Waals surface area (Å²) in [5.74, 6) is 0.685. The first kappa shape index (κ1) is 11.6. The Labute approximate surface area is 111 Å². The smallest absolute Gasteiger partial charge is 0.289 e. The van der Waals surface area contributed by atoms with Gasteiger partial charge in [-0.15, -0.1) is 0 Å². The second-order valence-electron chi connectivity index (χ2n) is 4.59. The summed E-state index contributed by atoms with van der Waals surface area (Å²) in [6.07, 6.45) is 3.22. The number of benzene rings is 1. The molecule has 5 heteroatoms. The van der Waals surface area contributed by atoms with Crippen molar-refractivity contribution >= 4 is 17.5 Å². The number of aryl methyl sites for hydroxylation is 1. The van der Waals surface area contributed by atoms with Crippen molar-refractivity contribution in [2.45, 2.75) is 13.5 Å². The SMILES string of the molecule is Cc1ccccc1N1Cc2cncnc2N(C)C1=O. The molecule has 5 nitrogen and oxygen atoms in total. The van der Waals surface area contributed by atoms with Gasteiger partial charge in [0, 0.05) is 24.5 Å². The van der Waals surface area contributed by atoms with Crippen molar-refractivity contribution < 1.29 is 4.79 Å². The minimum atomic E-state index is -0.0690. The van der Waals surface area contributed by atoms with E-state index in [1.807, 2.05) is 31.2 Å². The number of urea groups is 1. The largest absolute Gasteiger partial charge is 0.330 e. The number of nitrogens with zero attached hydrogens (tertiary/aromatic N) is 4. The average molecular weight is 254 g/mol. The maximum atomic E-state index is 12.4. The van der Waals surface area contributed by atoms with E-state index in [1.165, 1.54) is 6.33 Å². The minimum Gasteiger partial charge on any atom is -0.289 e. The third-order valence-corrected chi connectivity index (χ3v) is 3.33. The van der Waals surface area contributed by atoms with E-state index in [4.69, 9.17) is 0 Å². The zero-order valence-corrected chi connectivity index (χ0v) is 10.9. The lowest BCUT2D eigenvalue weighted by Gasteiger charge is -2.34. The highest BCUT2D eigenvalue weighted by Crippen LogP contribution is 2.30. The monoisotopic (exact) mass is 254 g/mol. The van der Waals surface area contributed by atoms with Crippen LogP contribution in [-0.2, 0) is 6.54 Å². The first-order chi connectivity index (χ1) is 9.18. The number of anilines is 2. The zero-order valence-electron chi connectivity index (χ0n) is 10.9. The molecule has 0 saturated heterocycles. The van der Waals surface area contributed by atoms with Crippen LogP contribution in [-0.4, -0.2) is 23.0 Å². The van der Waals surface area contributed by atoms with Gasteiger partial charge in [0.15, 0.2) is 0 Å². The Morgan fingerprint density at radius 2 is 2.05 bits per heavy atom. The van der Waals surface area contributed by atoms with E-state index >= 15 is 0 Å². The van der Waals surface area contributed by atoms with E-state index in [-0.39, 0.29) is 6.03 Å². The van der Waals surface area contributed by atoms with Crippen molar-refractivity contribution in [1.29, 1.82) is 0 Å². The number of hydrogen-bond donors (Lipinski definition) is 0. The molecule has 0 bridgehead atoms. The molecule has 0 unspecified atom stereocenters. The van der Waals surface area contributed by atoms with Crippen LogP contribution in [0.4, 0.5) is 16.3 Å². The van der Waals surface area contributed by atoms with Crippen molar-refractivity contribution in [3.05, 3.63) is 47.9 Å². The van der Waals surface area contributed by atoms with E-state index < -0.39 is 0 Å². The summed E-state index contributed by atoms with van der Waals surface area (Å²) in [7, 11) is 1.73. The molecule has 2 heterocycles. The summed E-state index contributed by atoms with van der Waals surface area (Å²) in [6.45, 7) is 2.50. The number of amides is 2. The van der Waals surface area contributed by atoms with Gasteiger partial charge in [-0.1, -0.05) is 18.2 Å². The van der Waals surface area contributed by atoms with Gasteiger partial charge in [-0.3, -0.25) is 9.80 Å². The summed E-state index contributed by atoms with van der Waals surface area (Å²) in [5, 5.41) is 0. The molecule has 0 spiro atoms. The van der Waals surface area contributed by atoms with Crippen LogP contribution in [0.5, 0.6) is 0 Å². The topological polar surface area (TPSA) is 49.3 Å². The maximum Gasteiger partial charge on any atom is 0.330 e. The average Bonchev–Trinajstić information content (AvgIpc) is 2.44. The Morgan fingerprint density at radius 1 is 1.26 bits per heavy atom. The molecule has 1 aromatic heterocycles. The van der Waals surface area contributed by atoms with Crippen LogP contribution in [0.2, 0.25) is 0 Å². The zero-order chi connectivity index (χ0) is 13.4. The van der Waals surface area contributed by atoms with Crippen LogP contribution >= 0.6 is 0 Å². The molecule has 3 rings (SSSR count). The normalized spacial score (nSPS) is 14.5. The molecule has 0 radical (unpaired) electrons. The lowest BCUT2D eigenvalue weighted by Crippen LogP contribution is -2.46. The van der Waals surface area contributed by atoms with Gasteiger partial charge < -0.3 is 0 Å². The molecule has 0 atom stereocenters. The van der Waals surface area contributed by atoms with Crippen LogP contribution in [0.3, 0.4) is 0 Å². The molecule has 0 saturated carbocycles. The Bertz CT molecular complexity index is 641. The molecule has 2 aromatic rings. The number of carbonyl (C=O) groups is 1. The minimum absolute atomic E-state index is 0.0690. The van der Waals surface area contributed by atoms with E-state index in [0.29, 0.717) is 12.4 Å². The molecule has 19 heavy (non-hydrogen) atoms. The molecule has 1 aliphatic heterocycles. The predicted molar refractivity (Wildman–Crippen MR) is 73.2 cm³/mol. The number of fused-ring (bicyclic) bond motifs is 1. The van der Waals surface area contributed by atoms with Gasteiger partial charge in [-0.25, -0.2) is 14.8 Å². The summed E-state index contributed by atoms with van der Waals surface area (Å²) >= 11 is 0. The highest BCUT2D eigenvalue weighted by molar-refractivity contribution is 6.05. The molecule has 96 valence electrons. The maximum absolute atomic E-state index is 12.4. The van der Waals surface area contributed by atoms with E-state index in [1.54, 1.807) is 23.0 Å². The second kappa shape index (κ2) is 4.35. The molecule has 0 N–H and O–H groups in total. The number of para-hydroxylation sites is 1. The highest BCUT2D eigenvalue weighted by atomic mass is 16.2. The van der Waals surface area contributed by atoms with Gasteiger partial charge in [-0.05, 0) is 18.6 Å². The standard InChI is InChI=1S/C14H14N4O/c1-10-5-3-4-6-12(10)18-8-11-7-15-9-16-13(11)17(2)14(18)19/h3-7,9H,8H2,1-2H3. The highest BCUT2D eigenvalue weighted by Gasteiger charge is 2.30. The summed E-state index contributed by atoms with van der Waals surface area (Å²) in [4.78, 5) is 23.9.